The first-order valence-corrected chi connectivity index (χ1v) is 8.41. The Morgan fingerprint density at radius 2 is 2.09 bits per heavy atom. The number of rotatable bonds is 4. The number of aromatic nitrogens is 3. The smallest absolute Gasteiger partial charge is 0.253 e. The van der Waals surface area contributed by atoms with Gasteiger partial charge in [0, 0.05) is 31.9 Å². The van der Waals surface area contributed by atoms with Crippen molar-refractivity contribution in [1.82, 2.24) is 19.0 Å². The van der Waals surface area contributed by atoms with Gasteiger partial charge in [0.25, 0.3) is 5.56 Å². The summed E-state index contributed by atoms with van der Waals surface area (Å²) in [6.45, 7) is 1.41. The highest BCUT2D eigenvalue weighted by atomic mass is 32.2. The SMILES string of the molecule is O=c1ccncn1CC1CCN(S(=O)(=O)c2cnoc2)CC1. The first kappa shape index (κ1) is 14.9. The maximum absolute atomic E-state index is 12.3. The van der Waals surface area contributed by atoms with Crippen LogP contribution in [0.3, 0.4) is 0 Å². The summed E-state index contributed by atoms with van der Waals surface area (Å²) in [5.41, 5.74) is -0.0884. The van der Waals surface area contributed by atoms with E-state index in [2.05, 4.69) is 14.7 Å². The van der Waals surface area contributed by atoms with Crippen LogP contribution in [0.15, 0.2) is 45.3 Å². The van der Waals surface area contributed by atoms with Crippen molar-refractivity contribution in [3.63, 3.8) is 0 Å². The highest BCUT2D eigenvalue weighted by Crippen LogP contribution is 2.24. The van der Waals surface area contributed by atoms with Gasteiger partial charge in [-0.05, 0) is 18.8 Å². The molecule has 1 aliphatic rings. The van der Waals surface area contributed by atoms with Crippen molar-refractivity contribution < 1.29 is 12.9 Å². The summed E-state index contributed by atoms with van der Waals surface area (Å²) in [5.74, 6) is 0.260. The van der Waals surface area contributed by atoms with Gasteiger partial charge in [-0.2, -0.15) is 4.31 Å². The minimum atomic E-state index is -3.53. The van der Waals surface area contributed by atoms with E-state index in [0.29, 0.717) is 32.5 Å². The van der Waals surface area contributed by atoms with Crippen LogP contribution >= 0.6 is 0 Å². The summed E-state index contributed by atoms with van der Waals surface area (Å²) in [7, 11) is -3.53. The predicted octanol–water partition coefficient (Wildman–Crippen LogP) is 0.332. The summed E-state index contributed by atoms with van der Waals surface area (Å²) >= 11 is 0. The molecular weight excluding hydrogens is 308 g/mol. The average molecular weight is 324 g/mol. The Balaban J connectivity index is 1.64. The Kier molecular flexibility index (Phi) is 4.08. The molecule has 1 aliphatic heterocycles. The molecule has 8 nitrogen and oxygen atoms in total. The molecule has 0 N–H and O–H groups in total. The minimum Gasteiger partial charge on any atom is -0.363 e. The van der Waals surface area contributed by atoms with Crippen LogP contribution in [0.5, 0.6) is 0 Å². The highest BCUT2D eigenvalue weighted by molar-refractivity contribution is 7.89. The first-order chi connectivity index (χ1) is 10.6. The van der Waals surface area contributed by atoms with E-state index >= 15 is 0 Å². The number of hydrogen-bond acceptors (Lipinski definition) is 6. The second kappa shape index (κ2) is 6.01. The van der Waals surface area contributed by atoms with Gasteiger partial charge in [-0.3, -0.25) is 9.36 Å². The maximum Gasteiger partial charge on any atom is 0.253 e. The quantitative estimate of drug-likeness (QED) is 0.804. The van der Waals surface area contributed by atoms with E-state index in [9.17, 15) is 13.2 Å². The van der Waals surface area contributed by atoms with E-state index < -0.39 is 10.0 Å². The van der Waals surface area contributed by atoms with Gasteiger partial charge in [-0.15, -0.1) is 0 Å². The molecule has 0 atom stereocenters. The topological polar surface area (TPSA) is 98.3 Å². The molecule has 3 heterocycles. The van der Waals surface area contributed by atoms with Gasteiger partial charge in [0.05, 0.1) is 12.5 Å². The molecule has 0 unspecified atom stereocenters. The number of sulfonamides is 1. The zero-order valence-electron chi connectivity index (χ0n) is 11.8. The zero-order chi connectivity index (χ0) is 15.6. The lowest BCUT2D eigenvalue weighted by atomic mass is 9.98. The fourth-order valence-electron chi connectivity index (χ4n) is 2.60. The zero-order valence-corrected chi connectivity index (χ0v) is 12.6. The van der Waals surface area contributed by atoms with Crippen molar-refractivity contribution in [1.29, 1.82) is 0 Å². The molecule has 9 heteroatoms. The van der Waals surface area contributed by atoms with Crippen molar-refractivity contribution in [2.45, 2.75) is 24.3 Å². The van der Waals surface area contributed by atoms with Gasteiger partial charge in [0.15, 0.2) is 0 Å². The molecule has 2 aromatic heterocycles. The molecule has 118 valence electrons. The second-order valence-electron chi connectivity index (χ2n) is 5.28. The largest absolute Gasteiger partial charge is 0.363 e. The third kappa shape index (κ3) is 2.95. The van der Waals surface area contributed by atoms with Gasteiger partial charge < -0.3 is 4.52 Å². The Morgan fingerprint density at radius 3 is 2.73 bits per heavy atom. The van der Waals surface area contributed by atoms with Gasteiger partial charge >= 0.3 is 0 Å². The summed E-state index contributed by atoms with van der Waals surface area (Å²) in [5, 5.41) is 3.44. The third-order valence-electron chi connectivity index (χ3n) is 3.87. The molecule has 3 rings (SSSR count). The normalized spacial score (nSPS) is 17.6. The molecule has 0 saturated carbocycles. The maximum atomic E-state index is 12.3. The molecule has 0 aromatic carbocycles. The van der Waals surface area contributed by atoms with E-state index in [0.717, 1.165) is 6.26 Å². The van der Waals surface area contributed by atoms with E-state index in [1.165, 1.54) is 29.1 Å². The van der Waals surface area contributed by atoms with E-state index in [1.807, 2.05) is 0 Å². The second-order valence-corrected chi connectivity index (χ2v) is 7.22. The summed E-state index contributed by atoms with van der Waals surface area (Å²) in [6, 6.07) is 1.42. The van der Waals surface area contributed by atoms with Gasteiger partial charge in [-0.1, -0.05) is 5.16 Å². The molecule has 0 aliphatic carbocycles. The Hall–Kier alpha value is -2.00. The lowest BCUT2D eigenvalue weighted by Gasteiger charge is -2.30. The van der Waals surface area contributed by atoms with Crippen molar-refractivity contribution in [3.05, 3.63) is 41.4 Å². The first-order valence-electron chi connectivity index (χ1n) is 6.97. The molecular formula is C13H16N4O4S. The lowest BCUT2D eigenvalue weighted by Crippen LogP contribution is -2.39. The van der Waals surface area contributed by atoms with Crippen LogP contribution in [0, 0.1) is 5.92 Å². The lowest BCUT2D eigenvalue weighted by molar-refractivity contribution is 0.250. The fourth-order valence-corrected chi connectivity index (χ4v) is 3.93. The molecule has 0 amide bonds. The third-order valence-corrected chi connectivity index (χ3v) is 5.71. The highest BCUT2D eigenvalue weighted by Gasteiger charge is 2.30. The van der Waals surface area contributed by atoms with Crippen molar-refractivity contribution in [2.75, 3.05) is 13.1 Å². The summed E-state index contributed by atoms with van der Waals surface area (Å²) < 4.78 is 32.3. The Morgan fingerprint density at radius 1 is 1.32 bits per heavy atom. The van der Waals surface area contributed by atoms with Crippen LogP contribution in [-0.4, -0.2) is 40.5 Å². The van der Waals surface area contributed by atoms with Gasteiger partial charge in [0.2, 0.25) is 10.0 Å². The number of hydrogen-bond donors (Lipinski definition) is 0. The Bertz CT molecular complexity index is 776. The molecule has 1 fully saturated rings. The van der Waals surface area contributed by atoms with Crippen molar-refractivity contribution in [2.24, 2.45) is 5.92 Å². The number of piperidine rings is 1. The average Bonchev–Trinajstić information content (AvgIpc) is 3.05. The summed E-state index contributed by atoms with van der Waals surface area (Å²) in [4.78, 5) is 15.7. The van der Waals surface area contributed by atoms with Gasteiger partial charge in [0.1, 0.15) is 11.2 Å². The predicted molar refractivity (Wildman–Crippen MR) is 76.5 cm³/mol. The molecule has 22 heavy (non-hydrogen) atoms. The van der Waals surface area contributed by atoms with Gasteiger partial charge in [-0.25, -0.2) is 13.4 Å². The molecule has 0 radical (unpaired) electrons. The Labute approximate surface area is 127 Å². The van der Waals surface area contributed by atoms with Crippen LogP contribution < -0.4 is 5.56 Å². The summed E-state index contributed by atoms with van der Waals surface area (Å²) in [6.07, 6.45) is 6.72. The molecule has 1 saturated heterocycles. The molecule has 0 bridgehead atoms. The van der Waals surface area contributed by atoms with Crippen LogP contribution in [-0.2, 0) is 16.6 Å². The van der Waals surface area contributed by atoms with Crippen molar-refractivity contribution >= 4 is 10.0 Å². The monoisotopic (exact) mass is 324 g/mol. The van der Waals surface area contributed by atoms with Crippen LogP contribution in [0.25, 0.3) is 0 Å². The van der Waals surface area contributed by atoms with Crippen LogP contribution in [0.4, 0.5) is 0 Å². The van der Waals surface area contributed by atoms with Crippen LogP contribution in [0.2, 0.25) is 0 Å². The minimum absolute atomic E-state index is 0.0782. The standard InChI is InChI=1S/C13H16N4O4S/c18-13-1-4-14-10-16(13)8-11-2-5-17(6-3-11)22(19,20)12-7-15-21-9-12/h1,4,7,9-11H,2-3,5-6,8H2. The van der Waals surface area contributed by atoms with E-state index in [-0.39, 0.29) is 16.4 Å². The van der Waals surface area contributed by atoms with E-state index in [4.69, 9.17) is 0 Å². The van der Waals surface area contributed by atoms with E-state index in [1.54, 1.807) is 4.57 Å². The van der Waals surface area contributed by atoms with Crippen molar-refractivity contribution in [3.8, 4) is 0 Å². The molecule has 0 spiro atoms. The molecule has 2 aromatic rings. The number of nitrogens with zero attached hydrogens (tertiary/aromatic N) is 4. The van der Waals surface area contributed by atoms with Crippen LogP contribution in [0.1, 0.15) is 12.8 Å². The fraction of sp³-hybridized carbons (Fsp3) is 0.462.